The van der Waals surface area contributed by atoms with Gasteiger partial charge in [0.1, 0.15) is 0 Å². The number of carbonyl (C=O) groups excluding carboxylic acids is 1. The first-order valence-electron chi connectivity index (χ1n) is 8.74. The van der Waals surface area contributed by atoms with Gasteiger partial charge in [-0.05, 0) is 50.0 Å². The quantitative estimate of drug-likeness (QED) is 0.750. The Balaban J connectivity index is 0.00000243. The van der Waals surface area contributed by atoms with Crippen LogP contribution < -0.4 is 10.6 Å². The number of hydrogen-bond acceptors (Lipinski definition) is 5. The fraction of sp³-hybridized carbons (Fsp3) is 0.588. The summed E-state index contributed by atoms with van der Waals surface area (Å²) < 4.78 is 32.0. The molecule has 1 aromatic carbocycles. The summed E-state index contributed by atoms with van der Waals surface area (Å²) in [4.78, 5) is 12.3. The van der Waals surface area contributed by atoms with Gasteiger partial charge in [-0.3, -0.25) is 4.79 Å². The Bertz CT molecular complexity index is 702. The van der Waals surface area contributed by atoms with E-state index in [2.05, 4.69) is 10.6 Å². The molecule has 9 heteroatoms. The van der Waals surface area contributed by atoms with Crippen LogP contribution in [0.15, 0.2) is 29.2 Å². The van der Waals surface area contributed by atoms with Gasteiger partial charge in [0.25, 0.3) is 0 Å². The minimum absolute atomic E-state index is 0. The van der Waals surface area contributed by atoms with E-state index in [-0.39, 0.29) is 23.2 Å². The lowest BCUT2D eigenvalue weighted by molar-refractivity contribution is -0.116. The van der Waals surface area contributed by atoms with Gasteiger partial charge in [0.2, 0.25) is 15.9 Å². The smallest absolute Gasteiger partial charge is 0.243 e. The van der Waals surface area contributed by atoms with E-state index in [9.17, 15) is 13.2 Å². The molecule has 0 aromatic heterocycles. The summed E-state index contributed by atoms with van der Waals surface area (Å²) >= 11 is 0. The molecule has 1 unspecified atom stereocenters. The van der Waals surface area contributed by atoms with E-state index in [0.29, 0.717) is 44.3 Å². The van der Waals surface area contributed by atoms with E-state index in [1.807, 2.05) is 0 Å². The third-order valence-corrected chi connectivity index (χ3v) is 6.56. The Morgan fingerprint density at radius 3 is 2.77 bits per heavy atom. The molecular formula is C17H26ClN3O4S. The fourth-order valence-corrected chi connectivity index (χ4v) is 4.64. The molecule has 0 bridgehead atoms. The van der Waals surface area contributed by atoms with Gasteiger partial charge in [0.15, 0.2) is 0 Å². The number of sulfonamides is 1. The van der Waals surface area contributed by atoms with Crippen molar-refractivity contribution in [3.05, 3.63) is 24.3 Å². The Kier molecular flexibility index (Phi) is 7.85. The largest absolute Gasteiger partial charge is 0.379 e. The van der Waals surface area contributed by atoms with Gasteiger partial charge in [-0.1, -0.05) is 6.07 Å². The molecule has 1 amide bonds. The lowest BCUT2D eigenvalue weighted by Gasteiger charge is -2.26. The molecule has 7 nitrogen and oxygen atoms in total. The maximum Gasteiger partial charge on any atom is 0.243 e. The summed E-state index contributed by atoms with van der Waals surface area (Å²) in [6.07, 6.45) is 2.41. The monoisotopic (exact) mass is 403 g/mol. The normalized spacial score (nSPS) is 21.2. The molecule has 2 aliphatic heterocycles. The van der Waals surface area contributed by atoms with E-state index in [0.717, 1.165) is 25.9 Å². The number of nitrogens with zero attached hydrogens (tertiary/aromatic N) is 1. The summed E-state index contributed by atoms with van der Waals surface area (Å²) in [6, 6.07) is 6.46. The maximum atomic E-state index is 12.7. The zero-order valence-electron chi connectivity index (χ0n) is 14.6. The highest BCUT2D eigenvalue weighted by Gasteiger charge is 2.26. The third-order valence-electron chi connectivity index (χ3n) is 4.67. The molecule has 26 heavy (non-hydrogen) atoms. The lowest BCUT2D eigenvalue weighted by atomic mass is 10.0. The summed E-state index contributed by atoms with van der Waals surface area (Å²) in [5.74, 6) is 0.478. The van der Waals surface area contributed by atoms with Gasteiger partial charge in [0, 0.05) is 25.2 Å². The van der Waals surface area contributed by atoms with Crippen LogP contribution in [0.1, 0.15) is 19.3 Å². The number of carbonyl (C=O) groups is 1. The van der Waals surface area contributed by atoms with E-state index < -0.39 is 10.0 Å². The molecule has 0 radical (unpaired) electrons. The van der Waals surface area contributed by atoms with Crippen LogP contribution >= 0.6 is 12.4 Å². The highest BCUT2D eigenvalue weighted by molar-refractivity contribution is 7.89. The predicted octanol–water partition coefficient (Wildman–Crippen LogP) is 1.46. The fourth-order valence-electron chi connectivity index (χ4n) is 3.19. The average molecular weight is 404 g/mol. The minimum Gasteiger partial charge on any atom is -0.379 e. The van der Waals surface area contributed by atoms with Gasteiger partial charge < -0.3 is 15.4 Å². The molecule has 0 spiro atoms. The van der Waals surface area contributed by atoms with E-state index in [4.69, 9.17) is 4.74 Å². The van der Waals surface area contributed by atoms with Crippen molar-refractivity contribution in [1.82, 2.24) is 9.62 Å². The third kappa shape index (κ3) is 5.40. The van der Waals surface area contributed by atoms with Gasteiger partial charge in [-0.2, -0.15) is 4.31 Å². The number of hydrogen-bond donors (Lipinski definition) is 2. The average Bonchev–Trinajstić information content (AvgIpc) is 3.14. The van der Waals surface area contributed by atoms with E-state index >= 15 is 0 Å². The molecule has 1 atom stereocenters. The molecule has 2 N–H and O–H groups in total. The summed E-state index contributed by atoms with van der Waals surface area (Å²) in [7, 11) is -3.55. The summed E-state index contributed by atoms with van der Waals surface area (Å²) in [5, 5.41) is 6.10. The first kappa shape index (κ1) is 21.1. The Morgan fingerprint density at radius 1 is 1.31 bits per heavy atom. The van der Waals surface area contributed by atoms with Gasteiger partial charge >= 0.3 is 0 Å². The number of ether oxygens (including phenoxy) is 1. The van der Waals surface area contributed by atoms with E-state index in [1.54, 1.807) is 18.2 Å². The number of nitrogens with one attached hydrogen (secondary N) is 2. The van der Waals surface area contributed by atoms with Crippen molar-refractivity contribution >= 4 is 34.0 Å². The highest BCUT2D eigenvalue weighted by atomic mass is 35.5. The molecule has 2 fully saturated rings. The number of halogens is 1. The number of anilines is 1. The first-order valence-corrected chi connectivity index (χ1v) is 10.2. The lowest BCUT2D eigenvalue weighted by Crippen LogP contribution is -2.40. The maximum absolute atomic E-state index is 12.7. The highest BCUT2D eigenvalue weighted by Crippen LogP contribution is 2.21. The SMILES string of the molecule is Cl.O=C(CCC1CCNC1)Nc1cccc(S(=O)(=O)N2CCOCC2)c1. The van der Waals surface area contributed by atoms with Crippen LogP contribution in [0, 0.1) is 5.92 Å². The second-order valence-corrected chi connectivity index (χ2v) is 8.43. The van der Waals surface area contributed by atoms with Crippen molar-refractivity contribution in [3.63, 3.8) is 0 Å². The summed E-state index contributed by atoms with van der Waals surface area (Å²) in [6.45, 7) is 3.52. The number of rotatable bonds is 6. The Hall–Kier alpha value is -1.19. The molecule has 1 aromatic rings. The number of amides is 1. The van der Waals surface area contributed by atoms with Crippen molar-refractivity contribution in [2.75, 3.05) is 44.7 Å². The van der Waals surface area contributed by atoms with Crippen molar-refractivity contribution < 1.29 is 17.9 Å². The molecule has 0 aliphatic carbocycles. The van der Waals surface area contributed by atoms with Crippen LogP contribution in [-0.2, 0) is 19.6 Å². The van der Waals surface area contributed by atoms with Crippen LogP contribution in [0.2, 0.25) is 0 Å². The van der Waals surface area contributed by atoms with Crippen LogP contribution in [0.4, 0.5) is 5.69 Å². The van der Waals surface area contributed by atoms with Crippen LogP contribution in [0.5, 0.6) is 0 Å². The molecule has 3 rings (SSSR count). The Morgan fingerprint density at radius 2 is 2.08 bits per heavy atom. The van der Waals surface area contributed by atoms with Crippen molar-refractivity contribution in [2.45, 2.75) is 24.2 Å². The molecule has 2 saturated heterocycles. The van der Waals surface area contributed by atoms with Crippen LogP contribution in [0.25, 0.3) is 0 Å². The second-order valence-electron chi connectivity index (χ2n) is 6.49. The second kappa shape index (κ2) is 9.66. The minimum atomic E-state index is -3.55. The Labute approximate surface area is 160 Å². The molecule has 2 heterocycles. The van der Waals surface area contributed by atoms with Gasteiger partial charge in [0.05, 0.1) is 18.1 Å². The van der Waals surface area contributed by atoms with Gasteiger partial charge in [-0.25, -0.2) is 8.42 Å². The topological polar surface area (TPSA) is 87.7 Å². The molecule has 146 valence electrons. The molecular weight excluding hydrogens is 378 g/mol. The molecule has 0 saturated carbocycles. The van der Waals surface area contributed by atoms with Crippen molar-refractivity contribution in [1.29, 1.82) is 0 Å². The van der Waals surface area contributed by atoms with Crippen LogP contribution in [-0.4, -0.2) is 58.0 Å². The summed E-state index contributed by atoms with van der Waals surface area (Å²) in [5.41, 5.74) is 0.517. The van der Waals surface area contributed by atoms with Crippen LogP contribution in [0.3, 0.4) is 0 Å². The zero-order chi connectivity index (χ0) is 17.7. The van der Waals surface area contributed by atoms with Crippen molar-refractivity contribution in [2.24, 2.45) is 5.92 Å². The standard InChI is InChI=1S/C17H25N3O4S.ClH/c21-17(5-4-14-6-7-18-13-14)19-15-2-1-3-16(12-15)25(22,23)20-8-10-24-11-9-20;/h1-3,12,14,18H,4-11,13H2,(H,19,21);1H. The number of benzene rings is 1. The first-order chi connectivity index (χ1) is 12.1. The number of morpholine rings is 1. The molecule has 2 aliphatic rings. The van der Waals surface area contributed by atoms with E-state index in [1.165, 1.54) is 10.4 Å². The van der Waals surface area contributed by atoms with Crippen molar-refractivity contribution in [3.8, 4) is 0 Å². The predicted molar refractivity (Wildman–Crippen MR) is 102 cm³/mol. The van der Waals surface area contributed by atoms with Gasteiger partial charge in [-0.15, -0.1) is 12.4 Å². The zero-order valence-corrected chi connectivity index (χ0v) is 16.3.